The van der Waals surface area contributed by atoms with Crippen LogP contribution in [0, 0.1) is 29.6 Å². The molecule has 0 aromatic carbocycles. The Labute approximate surface area is 140 Å². The minimum absolute atomic E-state index is 0.928. The van der Waals surface area contributed by atoms with Crippen molar-refractivity contribution in [2.45, 2.75) is 97.3 Å². The van der Waals surface area contributed by atoms with Gasteiger partial charge in [0.25, 0.3) is 0 Å². The topological polar surface area (TPSA) is 0 Å². The third kappa shape index (κ3) is 6.09. The SMILES string of the molecule is C=CCCCC(C)CCC1CCC(C2CCC(C)CC2)CC1. The van der Waals surface area contributed by atoms with Gasteiger partial charge in [0.1, 0.15) is 0 Å². The van der Waals surface area contributed by atoms with Crippen LogP contribution in [0.1, 0.15) is 97.3 Å². The monoisotopic (exact) mass is 304 g/mol. The molecule has 22 heavy (non-hydrogen) atoms. The number of hydrogen-bond acceptors (Lipinski definition) is 0. The summed E-state index contributed by atoms with van der Waals surface area (Å²) in [7, 11) is 0. The van der Waals surface area contributed by atoms with Crippen molar-refractivity contribution in [3.05, 3.63) is 12.7 Å². The van der Waals surface area contributed by atoms with Gasteiger partial charge in [0, 0.05) is 0 Å². The van der Waals surface area contributed by atoms with Crippen LogP contribution in [0.25, 0.3) is 0 Å². The minimum Gasteiger partial charge on any atom is -0.103 e. The summed E-state index contributed by atoms with van der Waals surface area (Å²) in [6.45, 7) is 8.73. The summed E-state index contributed by atoms with van der Waals surface area (Å²) in [5.41, 5.74) is 0. The molecule has 0 aliphatic heterocycles. The molecule has 0 amide bonds. The smallest absolute Gasteiger partial charge is 0.0353 e. The van der Waals surface area contributed by atoms with Gasteiger partial charge in [-0.3, -0.25) is 0 Å². The Kier molecular flexibility index (Phi) is 8.04. The second kappa shape index (κ2) is 9.78. The molecule has 0 heteroatoms. The van der Waals surface area contributed by atoms with Gasteiger partial charge in [-0.15, -0.1) is 6.58 Å². The normalized spacial score (nSPS) is 34.3. The molecular formula is C22H40. The zero-order chi connectivity index (χ0) is 15.8. The third-order valence-electron chi connectivity index (χ3n) is 6.79. The molecule has 0 heterocycles. The Morgan fingerprint density at radius 1 is 0.909 bits per heavy atom. The molecule has 0 aromatic heterocycles. The number of rotatable bonds is 8. The van der Waals surface area contributed by atoms with Crippen molar-refractivity contribution in [3.8, 4) is 0 Å². The van der Waals surface area contributed by atoms with Gasteiger partial charge in [0.2, 0.25) is 0 Å². The summed E-state index contributed by atoms with van der Waals surface area (Å²) in [6.07, 6.45) is 21.3. The summed E-state index contributed by atoms with van der Waals surface area (Å²) in [4.78, 5) is 0. The van der Waals surface area contributed by atoms with Gasteiger partial charge >= 0.3 is 0 Å². The van der Waals surface area contributed by atoms with Gasteiger partial charge in [-0.1, -0.05) is 64.9 Å². The molecule has 0 aromatic rings. The van der Waals surface area contributed by atoms with E-state index in [4.69, 9.17) is 0 Å². The summed E-state index contributed by atoms with van der Waals surface area (Å²) in [6, 6.07) is 0. The van der Waals surface area contributed by atoms with Crippen LogP contribution in [-0.4, -0.2) is 0 Å². The van der Waals surface area contributed by atoms with Crippen LogP contribution in [0.15, 0.2) is 12.7 Å². The van der Waals surface area contributed by atoms with Gasteiger partial charge in [0.15, 0.2) is 0 Å². The summed E-state index contributed by atoms with van der Waals surface area (Å²) >= 11 is 0. The minimum atomic E-state index is 0.928. The van der Waals surface area contributed by atoms with Crippen molar-refractivity contribution >= 4 is 0 Å². The lowest BCUT2D eigenvalue weighted by atomic mass is 9.69. The van der Waals surface area contributed by atoms with E-state index in [1.807, 2.05) is 0 Å². The quantitative estimate of drug-likeness (QED) is 0.324. The van der Waals surface area contributed by atoms with Crippen LogP contribution >= 0.6 is 0 Å². The zero-order valence-electron chi connectivity index (χ0n) is 15.4. The van der Waals surface area contributed by atoms with E-state index in [9.17, 15) is 0 Å². The molecule has 2 rings (SSSR count). The van der Waals surface area contributed by atoms with Crippen LogP contribution in [0.2, 0.25) is 0 Å². The standard InChI is InChI=1S/C22H40/c1-4-5-6-7-18(2)8-11-20-12-16-22(17-13-20)21-14-9-19(3)10-15-21/h4,18-22H,1,5-17H2,2-3H3. The highest BCUT2D eigenvalue weighted by atomic mass is 14.3. The van der Waals surface area contributed by atoms with Crippen LogP contribution < -0.4 is 0 Å². The van der Waals surface area contributed by atoms with Gasteiger partial charge in [0.05, 0.1) is 0 Å². The fourth-order valence-corrected chi connectivity index (χ4v) is 4.98. The van der Waals surface area contributed by atoms with E-state index in [1.165, 1.54) is 70.6 Å². The van der Waals surface area contributed by atoms with Crippen LogP contribution in [0.5, 0.6) is 0 Å². The number of unbranched alkanes of at least 4 members (excludes halogenated alkanes) is 1. The largest absolute Gasteiger partial charge is 0.103 e. The van der Waals surface area contributed by atoms with Crippen molar-refractivity contribution in [1.29, 1.82) is 0 Å². The van der Waals surface area contributed by atoms with Crippen LogP contribution in [0.4, 0.5) is 0 Å². The second-order valence-electron chi connectivity index (χ2n) is 8.70. The van der Waals surface area contributed by atoms with Crippen molar-refractivity contribution in [2.75, 3.05) is 0 Å². The van der Waals surface area contributed by atoms with E-state index in [0.29, 0.717) is 0 Å². The van der Waals surface area contributed by atoms with Gasteiger partial charge in [-0.2, -0.15) is 0 Å². The predicted molar refractivity (Wildman–Crippen MR) is 99.0 cm³/mol. The molecule has 0 radical (unpaired) electrons. The summed E-state index contributed by atoms with van der Waals surface area (Å²) in [5.74, 6) is 5.18. The van der Waals surface area contributed by atoms with Crippen molar-refractivity contribution in [3.63, 3.8) is 0 Å². The van der Waals surface area contributed by atoms with E-state index in [1.54, 1.807) is 12.8 Å². The van der Waals surface area contributed by atoms with E-state index in [2.05, 4.69) is 26.5 Å². The van der Waals surface area contributed by atoms with Crippen LogP contribution in [0.3, 0.4) is 0 Å². The summed E-state index contributed by atoms with van der Waals surface area (Å²) < 4.78 is 0. The van der Waals surface area contributed by atoms with Gasteiger partial charge in [-0.05, 0) is 68.1 Å². The number of hydrogen-bond donors (Lipinski definition) is 0. The average molecular weight is 305 g/mol. The van der Waals surface area contributed by atoms with E-state index < -0.39 is 0 Å². The molecule has 0 nitrogen and oxygen atoms in total. The lowest BCUT2D eigenvalue weighted by Crippen LogP contribution is -2.25. The third-order valence-corrected chi connectivity index (χ3v) is 6.79. The van der Waals surface area contributed by atoms with Gasteiger partial charge in [-0.25, -0.2) is 0 Å². The van der Waals surface area contributed by atoms with E-state index in [-0.39, 0.29) is 0 Å². The lowest BCUT2D eigenvalue weighted by Gasteiger charge is -2.37. The predicted octanol–water partition coefficient (Wildman–Crippen LogP) is 7.39. The molecule has 2 aliphatic rings. The fourth-order valence-electron chi connectivity index (χ4n) is 4.98. The molecule has 0 bridgehead atoms. The average Bonchev–Trinajstić information content (AvgIpc) is 2.54. The van der Waals surface area contributed by atoms with Crippen molar-refractivity contribution in [2.24, 2.45) is 29.6 Å². The first-order chi connectivity index (χ1) is 10.7. The second-order valence-corrected chi connectivity index (χ2v) is 8.70. The zero-order valence-corrected chi connectivity index (χ0v) is 15.4. The first kappa shape index (κ1) is 18.1. The molecule has 2 aliphatic carbocycles. The maximum atomic E-state index is 3.83. The maximum Gasteiger partial charge on any atom is -0.0353 e. The first-order valence-corrected chi connectivity index (χ1v) is 10.3. The summed E-state index contributed by atoms with van der Waals surface area (Å²) in [5, 5.41) is 0. The van der Waals surface area contributed by atoms with Crippen LogP contribution in [-0.2, 0) is 0 Å². The fraction of sp³-hybridized carbons (Fsp3) is 0.909. The molecule has 2 fully saturated rings. The first-order valence-electron chi connectivity index (χ1n) is 10.3. The Bertz CT molecular complexity index is 289. The Morgan fingerprint density at radius 3 is 2.09 bits per heavy atom. The molecule has 0 N–H and O–H groups in total. The van der Waals surface area contributed by atoms with Crippen molar-refractivity contribution < 1.29 is 0 Å². The Hall–Kier alpha value is -0.260. The maximum absolute atomic E-state index is 3.83. The molecule has 1 unspecified atom stereocenters. The molecule has 0 spiro atoms. The molecule has 0 saturated heterocycles. The lowest BCUT2D eigenvalue weighted by molar-refractivity contribution is 0.145. The van der Waals surface area contributed by atoms with Gasteiger partial charge < -0.3 is 0 Å². The highest BCUT2D eigenvalue weighted by Gasteiger charge is 2.29. The Balaban J connectivity index is 1.58. The molecular weight excluding hydrogens is 264 g/mol. The van der Waals surface area contributed by atoms with E-state index >= 15 is 0 Å². The molecule has 1 atom stereocenters. The highest BCUT2D eigenvalue weighted by Crippen LogP contribution is 2.42. The van der Waals surface area contributed by atoms with Crippen molar-refractivity contribution in [1.82, 2.24) is 0 Å². The Morgan fingerprint density at radius 2 is 1.50 bits per heavy atom. The number of allylic oxidation sites excluding steroid dienone is 1. The highest BCUT2D eigenvalue weighted by molar-refractivity contribution is 4.81. The van der Waals surface area contributed by atoms with E-state index in [0.717, 1.165) is 29.6 Å². The molecule has 2 saturated carbocycles. The molecule has 128 valence electrons.